The molecule has 7 heteroatoms. The topological polar surface area (TPSA) is 49.4 Å². The van der Waals surface area contributed by atoms with E-state index in [1.165, 1.54) is 4.31 Å². The molecule has 0 aromatic heterocycles. The molecule has 0 bridgehead atoms. The predicted molar refractivity (Wildman–Crippen MR) is 78.0 cm³/mol. The second-order valence-electron chi connectivity index (χ2n) is 3.61. The van der Waals surface area contributed by atoms with Gasteiger partial charge in [0.15, 0.2) is 0 Å². The van der Waals surface area contributed by atoms with Crippen molar-refractivity contribution in [3.05, 3.63) is 27.8 Å². The highest BCUT2D eigenvalue weighted by molar-refractivity contribution is 14.1. The van der Waals surface area contributed by atoms with Gasteiger partial charge in [-0.05, 0) is 40.8 Å². The van der Waals surface area contributed by atoms with Gasteiger partial charge in [0.1, 0.15) is 0 Å². The van der Waals surface area contributed by atoms with Crippen molar-refractivity contribution in [2.75, 3.05) is 26.2 Å². The highest BCUT2D eigenvalue weighted by Gasteiger charge is 2.25. The zero-order valence-corrected chi connectivity index (χ0v) is 12.9. The van der Waals surface area contributed by atoms with Gasteiger partial charge < -0.3 is 5.32 Å². The summed E-state index contributed by atoms with van der Waals surface area (Å²) in [5.74, 6) is 0. The van der Waals surface area contributed by atoms with Crippen LogP contribution in [0.15, 0.2) is 29.2 Å². The van der Waals surface area contributed by atoms with Crippen LogP contribution in [0.25, 0.3) is 0 Å². The SMILES string of the molecule is Cl.O=S(=O)(c1cccc(I)c1)N1CCNCC1. The Bertz CT molecular complexity index is 475. The third-order valence-electron chi connectivity index (χ3n) is 2.51. The molecule has 1 aliphatic heterocycles. The van der Waals surface area contributed by atoms with Gasteiger partial charge in [0.05, 0.1) is 4.90 Å². The number of piperazine rings is 1. The van der Waals surface area contributed by atoms with Crippen LogP contribution in [-0.4, -0.2) is 38.9 Å². The molecule has 0 unspecified atom stereocenters. The van der Waals surface area contributed by atoms with Crippen molar-refractivity contribution in [1.82, 2.24) is 9.62 Å². The van der Waals surface area contributed by atoms with Crippen molar-refractivity contribution in [2.24, 2.45) is 0 Å². The fraction of sp³-hybridized carbons (Fsp3) is 0.400. The molecule has 1 saturated heterocycles. The minimum Gasteiger partial charge on any atom is -0.314 e. The van der Waals surface area contributed by atoms with E-state index in [1.54, 1.807) is 18.2 Å². The first-order valence-electron chi connectivity index (χ1n) is 5.07. The van der Waals surface area contributed by atoms with Crippen LogP contribution in [-0.2, 0) is 10.0 Å². The molecule has 1 aliphatic rings. The van der Waals surface area contributed by atoms with Crippen LogP contribution in [0, 0.1) is 3.57 Å². The van der Waals surface area contributed by atoms with Crippen molar-refractivity contribution in [3.63, 3.8) is 0 Å². The lowest BCUT2D eigenvalue weighted by Gasteiger charge is -2.26. The molecule has 1 heterocycles. The van der Waals surface area contributed by atoms with Gasteiger partial charge >= 0.3 is 0 Å². The molecule has 96 valence electrons. The summed E-state index contributed by atoms with van der Waals surface area (Å²) in [5, 5.41) is 3.14. The second-order valence-corrected chi connectivity index (χ2v) is 6.80. The summed E-state index contributed by atoms with van der Waals surface area (Å²) < 4.78 is 26.9. The number of nitrogens with zero attached hydrogens (tertiary/aromatic N) is 1. The van der Waals surface area contributed by atoms with Gasteiger partial charge in [0, 0.05) is 29.7 Å². The summed E-state index contributed by atoms with van der Waals surface area (Å²) in [6, 6.07) is 7.02. The number of hydrogen-bond donors (Lipinski definition) is 1. The molecule has 0 aliphatic carbocycles. The first kappa shape index (κ1) is 15.2. The zero-order valence-electron chi connectivity index (χ0n) is 9.10. The van der Waals surface area contributed by atoms with E-state index < -0.39 is 10.0 Å². The Balaban J connectivity index is 0.00000144. The lowest BCUT2D eigenvalue weighted by atomic mass is 10.4. The summed E-state index contributed by atoms with van der Waals surface area (Å²) in [6.07, 6.45) is 0. The maximum absolute atomic E-state index is 12.2. The fourth-order valence-corrected chi connectivity index (χ4v) is 3.90. The van der Waals surface area contributed by atoms with E-state index in [1.807, 2.05) is 6.07 Å². The van der Waals surface area contributed by atoms with Crippen LogP contribution < -0.4 is 5.32 Å². The first-order valence-corrected chi connectivity index (χ1v) is 7.59. The molecule has 1 aromatic rings. The number of benzene rings is 1. The normalized spacial score (nSPS) is 17.5. The highest BCUT2D eigenvalue weighted by Crippen LogP contribution is 2.18. The Morgan fingerprint density at radius 2 is 1.88 bits per heavy atom. The van der Waals surface area contributed by atoms with Crippen molar-refractivity contribution in [2.45, 2.75) is 4.90 Å². The standard InChI is InChI=1S/C10H13IN2O2S.ClH/c11-9-2-1-3-10(8-9)16(14,15)13-6-4-12-5-7-13;/h1-3,8,12H,4-7H2;1H. The third-order valence-corrected chi connectivity index (χ3v) is 5.08. The Hall–Kier alpha value is 0.110. The van der Waals surface area contributed by atoms with Crippen molar-refractivity contribution in [3.8, 4) is 0 Å². The fourth-order valence-electron chi connectivity index (χ4n) is 1.66. The molecule has 0 atom stereocenters. The van der Waals surface area contributed by atoms with Gasteiger partial charge in [-0.2, -0.15) is 4.31 Å². The molecule has 0 spiro atoms. The molecule has 1 N–H and O–H groups in total. The zero-order chi connectivity index (χ0) is 11.6. The first-order chi connectivity index (χ1) is 7.60. The van der Waals surface area contributed by atoms with Gasteiger partial charge in [-0.15, -0.1) is 12.4 Å². The molecule has 17 heavy (non-hydrogen) atoms. The van der Waals surface area contributed by atoms with Crippen molar-refractivity contribution in [1.29, 1.82) is 0 Å². The Kier molecular flexibility index (Phi) is 5.65. The summed E-state index contributed by atoms with van der Waals surface area (Å²) in [6.45, 7) is 2.55. The number of sulfonamides is 1. The Morgan fingerprint density at radius 3 is 2.47 bits per heavy atom. The maximum atomic E-state index is 12.2. The monoisotopic (exact) mass is 388 g/mol. The minimum absolute atomic E-state index is 0. The second kappa shape index (κ2) is 6.33. The quantitative estimate of drug-likeness (QED) is 0.777. The van der Waals surface area contributed by atoms with Crippen LogP contribution in [0.5, 0.6) is 0 Å². The van der Waals surface area contributed by atoms with Crippen LogP contribution in [0.1, 0.15) is 0 Å². The average Bonchev–Trinajstić information content (AvgIpc) is 2.30. The van der Waals surface area contributed by atoms with E-state index in [0.717, 1.165) is 16.7 Å². The van der Waals surface area contributed by atoms with Crippen LogP contribution in [0.4, 0.5) is 0 Å². The summed E-state index contributed by atoms with van der Waals surface area (Å²) >= 11 is 2.12. The summed E-state index contributed by atoms with van der Waals surface area (Å²) in [7, 11) is -3.30. The lowest BCUT2D eigenvalue weighted by molar-refractivity contribution is 0.360. The molecule has 1 fully saturated rings. The molecule has 0 amide bonds. The highest BCUT2D eigenvalue weighted by atomic mass is 127. The van der Waals surface area contributed by atoms with Crippen LogP contribution in [0.3, 0.4) is 0 Å². The molecule has 2 rings (SSSR count). The number of rotatable bonds is 2. The minimum atomic E-state index is -3.30. The largest absolute Gasteiger partial charge is 0.314 e. The van der Waals surface area contributed by atoms with Gasteiger partial charge in [0.2, 0.25) is 10.0 Å². The van der Waals surface area contributed by atoms with E-state index in [0.29, 0.717) is 18.0 Å². The number of nitrogens with one attached hydrogen (secondary N) is 1. The predicted octanol–water partition coefficient (Wildman–Crippen LogP) is 1.31. The van der Waals surface area contributed by atoms with E-state index in [4.69, 9.17) is 0 Å². The van der Waals surface area contributed by atoms with Crippen LogP contribution in [0.2, 0.25) is 0 Å². The lowest BCUT2D eigenvalue weighted by Crippen LogP contribution is -2.46. The average molecular weight is 389 g/mol. The Morgan fingerprint density at radius 1 is 1.24 bits per heavy atom. The van der Waals surface area contributed by atoms with Gasteiger partial charge in [-0.25, -0.2) is 8.42 Å². The van der Waals surface area contributed by atoms with Gasteiger partial charge in [-0.1, -0.05) is 6.07 Å². The summed E-state index contributed by atoms with van der Waals surface area (Å²) in [5.41, 5.74) is 0. The van der Waals surface area contributed by atoms with E-state index >= 15 is 0 Å². The summed E-state index contributed by atoms with van der Waals surface area (Å²) in [4.78, 5) is 0.390. The van der Waals surface area contributed by atoms with Gasteiger partial charge in [0.25, 0.3) is 0 Å². The van der Waals surface area contributed by atoms with E-state index in [9.17, 15) is 8.42 Å². The van der Waals surface area contributed by atoms with Crippen molar-refractivity contribution >= 4 is 45.0 Å². The van der Waals surface area contributed by atoms with Crippen LogP contribution >= 0.6 is 35.0 Å². The molecular weight excluding hydrogens is 375 g/mol. The van der Waals surface area contributed by atoms with Gasteiger partial charge in [-0.3, -0.25) is 0 Å². The number of hydrogen-bond acceptors (Lipinski definition) is 3. The molecule has 0 radical (unpaired) electrons. The van der Waals surface area contributed by atoms with Crippen molar-refractivity contribution < 1.29 is 8.42 Å². The van der Waals surface area contributed by atoms with E-state index in [2.05, 4.69) is 27.9 Å². The molecule has 0 saturated carbocycles. The molecule has 4 nitrogen and oxygen atoms in total. The Labute approximate surface area is 121 Å². The smallest absolute Gasteiger partial charge is 0.243 e. The third kappa shape index (κ3) is 3.54. The van der Waals surface area contributed by atoms with E-state index in [-0.39, 0.29) is 12.4 Å². The molecule has 1 aromatic carbocycles. The maximum Gasteiger partial charge on any atom is 0.243 e. The molecular formula is C10H14ClIN2O2S. The number of halogens is 2.